The summed E-state index contributed by atoms with van der Waals surface area (Å²) in [4.78, 5) is 13.8. The number of anilines is 1. The maximum atomic E-state index is 13.1. The van der Waals surface area contributed by atoms with Gasteiger partial charge >= 0.3 is 6.01 Å². The third kappa shape index (κ3) is 4.97. The number of carbonyl (C=O) groups is 1. The minimum atomic E-state index is -3.60. The summed E-state index contributed by atoms with van der Waals surface area (Å²) in [5.41, 5.74) is 1.08. The van der Waals surface area contributed by atoms with Crippen LogP contribution in [0.3, 0.4) is 0 Å². The molecule has 1 fully saturated rings. The van der Waals surface area contributed by atoms with Crippen LogP contribution in [-0.4, -0.2) is 47.7 Å². The molecule has 0 aliphatic carbocycles. The largest absolute Gasteiger partial charge is 0.403 e. The van der Waals surface area contributed by atoms with E-state index in [4.69, 9.17) is 4.42 Å². The first-order chi connectivity index (χ1) is 15.9. The first-order valence-electron chi connectivity index (χ1n) is 10.8. The van der Waals surface area contributed by atoms with Crippen molar-refractivity contribution in [2.24, 2.45) is 0 Å². The lowest BCUT2D eigenvalue weighted by Crippen LogP contribution is -2.43. The molecule has 8 nitrogen and oxygen atoms in total. The lowest BCUT2D eigenvalue weighted by molar-refractivity contribution is 0.102. The number of nitrogens with one attached hydrogen (secondary N) is 1. The Balaban J connectivity index is 1.48. The number of rotatable bonds is 7. The highest BCUT2D eigenvalue weighted by atomic mass is 32.2. The normalized spacial score (nSPS) is 17.1. The molecule has 1 saturated heterocycles. The number of sulfonamides is 1. The number of piperidine rings is 1. The molecular formula is C23H26N4O4S2. The van der Waals surface area contributed by atoms with Gasteiger partial charge in [0.05, 0.1) is 10.5 Å². The van der Waals surface area contributed by atoms with Crippen LogP contribution in [0.25, 0.3) is 11.5 Å². The first kappa shape index (κ1) is 23.5. The summed E-state index contributed by atoms with van der Waals surface area (Å²) in [6, 6.07) is 13.5. The van der Waals surface area contributed by atoms with E-state index in [9.17, 15) is 13.2 Å². The third-order valence-electron chi connectivity index (χ3n) is 5.75. The van der Waals surface area contributed by atoms with Crippen LogP contribution in [0.15, 0.2) is 62.7 Å². The predicted molar refractivity (Wildman–Crippen MR) is 128 cm³/mol. The number of aromatic nitrogens is 2. The second-order valence-electron chi connectivity index (χ2n) is 7.76. The second-order valence-corrected chi connectivity index (χ2v) is 10.5. The van der Waals surface area contributed by atoms with Crippen molar-refractivity contribution in [3.8, 4) is 11.5 Å². The van der Waals surface area contributed by atoms with E-state index in [0.717, 1.165) is 36.1 Å². The molecular weight excluding hydrogens is 460 g/mol. The lowest BCUT2D eigenvalue weighted by Gasteiger charge is -2.34. The second kappa shape index (κ2) is 10.1. The van der Waals surface area contributed by atoms with Gasteiger partial charge in [-0.3, -0.25) is 10.1 Å². The predicted octanol–water partition coefficient (Wildman–Crippen LogP) is 4.66. The summed E-state index contributed by atoms with van der Waals surface area (Å²) < 4.78 is 33.4. The van der Waals surface area contributed by atoms with Gasteiger partial charge in [0.2, 0.25) is 10.0 Å². The Morgan fingerprint density at radius 2 is 1.91 bits per heavy atom. The number of nitrogens with zero attached hydrogens (tertiary/aromatic N) is 3. The molecule has 0 radical (unpaired) electrons. The van der Waals surface area contributed by atoms with Crippen LogP contribution in [0.5, 0.6) is 0 Å². The Morgan fingerprint density at radius 1 is 1.15 bits per heavy atom. The van der Waals surface area contributed by atoms with Gasteiger partial charge in [-0.25, -0.2) is 8.42 Å². The van der Waals surface area contributed by atoms with Gasteiger partial charge in [-0.1, -0.05) is 30.6 Å². The van der Waals surface area contributed by atoms with Crippen LogP contribution in [0.1, 0.15) is 43.0 Å². The number of amides is 1. The molecule has 10 heteroatoms. The van der Waals surface area contributed by atoms with Gasteiger partial charge in [-0.2, -0.15) is 4.31 Å². The van der Waals surface area contributed by atoms with Gasteiger partial charge in [-0.05, 0) is 61.9 Å². The van der Waals surface area contributed by atoms with Gasteiger partial charge in [0.15, 0.2) is 0 Å². The van der Waals surface area contributed by atoms with Crippen LogP contribution in [0.2, 0.25) is 0 Å². The number of thioether (sulfide) groups is 1. The van der Waals surface area contributed by atoms with E-state index >= 15 is 0 Å². The highest BCUT2D eigenvalue weighted by molar-refractivity contribution is 7.98. The van der Waals surface area contributed by atoms with E-state index in [1.165, 1.54) is 24.3 Å². The van der Waals surface area contributed by atoms with Gasteiger partial charge in [0.1, 0.15) is 0 Å². The van der Waals surface area contributed by atoms with E-state index in [0.29, 0.717) is 18.0 Å². The fraction of sp³-hybridized carbons (Fsp3) is 0.348. The summed E-state index contributed by atoms with van der Waals surface area (Å²) in [6.45, 7) is 2.54. The maximum Gasteiger partial charge on any atom is 0.322 e. The fourth-order valence-corrected chi connectivity index (χ4v) is 6.34. The quantitative estimate of drug-likeness (QED) is 0.484. The molecule has 0 bridgehead atoms. The highest BCUT2D eigenvalue weighted by Gasteiger charge is 2.32. The van der Waals surface area contributed by atoms with E-state index < -0.39 is 15.9 Å². The zero-order valence-corrected chi connectivity index (χ0v) is 20.2. The Kier molecular flexibility index (Phi) is 7.16. The number of benzene rings is 2. The zero-order chi connectivity index (χ0) is 23.4. The molecule has 1 unspecified atom stereocenters. The van der Waals surface area contributed by atoms with E-state index in [2.05, 4.69) is 15.5 Å². The van der Waals surface area contributed by atoms with Crippen LogP contribution in [-0.2, 0) is 10.0 Å². The highest BCUT2D eigenvalue weighted by Crippen LogP contribution is 2.30. The lowest BCUT2D eigenvalue weighted by atomic mass is 10.0. The van der Waals surface area contributed by atoms with Crippen molar-refractivity contribution in [1.29, 1.82) is 0 Å². The minimum Gasteiger partial charge on any atom is -0.403 e. The molecule has 4 rings (SSSR count). The molecule has 3 aromatic rings. The molecule has 174 valence electrons. The van der Waals surface area contributed by atoms with Crippen molar-refractivity contribution in [2.45, 2.75) is 48.4 Å². The van der Waals surface area contributed by atoms with Gasteiger partial charge in [0.25, 0.3) is 11.8 Å². The number of hydrogen-bond acceptors (Lipinski definition) is 7. The molecule has 1 aromatic heterocycles. The van der Waals surface area contributed by atoms with Crippen molar-refractivity contribution in [2.75, 3.05) is 18.1 Å². The average molecular weight is 487 g/mol. The van der Waals surface area contributed by atoms with Crippen LogP contribution >= 0.6 is 11.8 Å². The van der Waals surface area contributed by atoms with E-state index in [1.807, 2.05) is 37.4 Å². The summed E-state index contributed by atoms with van der Waals surface area (Å²) >= 11 is 1.56. The van der Waals surface area contributed by atoms with Crippen molar-refractivity contribution in [3.05, 3.63) is 54.1 Å². The monoisotopic (exact) mass is 486 g/mol. The van der Waals surface area contributed by atoms with E-state index in [-0.39, 0.29) is 17.0 Å². The van der Waals surface area contributed by atoms with E-state index in [1.54, 1.807) is 16.1 Å². The Bertz CT molecular complexity index is 1230. The summed E-state index contributed by atoms with van der Waals surface area (Å²) in [6.07, 6.45) is 5.53. The maximum absolute atomic E-state index is 13.1. The summed E-state index contributed by atoms with van der Waals surface area (Å²) in [5, 5.41) is 10.5. The SMILES string of the molecule is CCC1CCCCN1S(=O)(=O)c1ccc(C(=O)Nc2nnc(-c3ccccc3SC)o2)cc1. The van der Waals surface area contributed by atoms with Crippen molar-refractivity contribution < 1.29 is 17.6 Å². The van der Waals surface area contributed by atoms with Crippen molar-refractivity contribution in [1.82, 2.24) is 14.5 Å². The van der Waals surface area contributed by atoms with Gasteiger partial charge in [-0.15, -0.1) is 16.9 Å². The number of carbonyl (C=O) groups excluding carboxylic acids is 1. The third-order valence-corrected chi connectivity index (χ3v) is 8.51. The molecule has 1 atom stereocenters. The Morgan fingerprint density at radius 3 is 2.64 bits per heavy atom. The van der Waals surface area contributed by atoms with Crippen LogP contribution < -0.4 is 5.32 Å². The molecule has 1 amide bonds. The van der Waals surface area contributed by atoms with Crippen LogP contribution in [0.4, 0.5) is 6.01 Å². The molecule has 0 spiro atoms. The zero-order valence-electron chi connectivity index (χ0n) is 18.5. The summed E-state index contributed by atoms with van der Waals surface area (Å²) in [5.74, 6) is -0.152. The van der Waals surface area contributed by atoms with Crippen molar-refractivity contribution in [3.63, 3.8) is 0 Å². The molecule has 1 aliphatic rings. The first-order valence-corrected chi connectivity index (χ1v) is 13.5. The topological polar surface area (TPSA) is 105 Å². The minimum absolute atomic E-state index is 0.0229. The molecule has 0 saturated carbocycles. The van der Waals surface area contributed by atoms with Crippen molar-refractivity contribution >= 4 is 33.7 Å². The Labute approximate surface area is 197 Å². The molecule has 2 heterocycles. The van der Waals surface area contributed by atoms with Gasteiger partial charge < -0.3 is 4.42 Å². The molecule has 1 N–H and O–H groups in total. The summed E-state index contributed by atoms with van der Waals surface area (Å²) in [7, 11) is -3.60. The smallest absolute Gasteiger partial charge is 0.322 e. The Hall–Kier alpha value is -2.69. The standard InChI is InChI=1S/C23H26N4O4S2/c1-3-17-8-6-7-15-27(17)33(29,30)18-13-11-16(12-14-18)21(28)24-23-26-25-22(31-23)19-9-4-5-10-20(19)32-2/h4-5,9-14,17H,3,6-8,15H2,1-2H3,(H,24,26,28). The van der Waals surface area contributed by atoms with Crippen LogP contribution in [0, 0.1) is 0 Å². The molecule has 2 aromatic carbocycles. The average Bonchev–Trinajstić information content (AvgIpc) is 3.32. The fourth-order valence-electron chi connectivity index (χ4n) is 3.99. The molecule has 33 heavy (non-hydrogen) atoms. The number of hydrogen-bond donors (Lipinski definition) is 1. The van der Waals surface area contributed by atoms with Gasteiger partial charge in [0, 0.05) is 23.0 Å². The molecule has 1 aliphatic heterocycles.